The number of amides is 1. The van der Waals surface area contributed by atoms with Crippen LogP contribution in [0.5, 0.6) is 0 Å². The van der Waals surface area contributed by atoms with Gasteiger partial charge in [-0.15, -0.1) is 0 Å². The number of para-hydroxylation sites is 1. The van der Waals surface area contributed by atoms with Gasteiger partial charge in [0.25, 0.3) is 5.91 Å². The van der Waals surface area contributed by atoms with E-state index < -0.39 is 17.8 Å². The van der Waals surface area contributed by atoms with Gasteiger partial charge in [-0.1, -0.05) is 54.6 Å². The first kappa shape index (κ1) is 23.8. The van der Waals surface area contributed by atoms with Crippen LogP contribution in [-0.2, 0) is 23.8 Å². The molecule has 0 heterocycles. The quantitative estimate of drug-likeness (QED) is 0.376. The average Bonchev–Trinajstić information content (AvgIpc) is 2.83. The summed E-state index contributed by atoms with van der Waals surface area (Å²) in [6.45, 7) is 0. The van der Waals surface area contributed by atoms with Gasteiger partial charge in [-0.3, -0.25) is 4.79 Å². The molecule has 4 nitrogen and oxygen atoms in total. The number of alkyl halides is 3. The zero-order chi connectivity index (χ0) is 24.1. The van der Waals surface area contributed by atoms with Crippen molar-refractivity contribution in [1.29, 1.82) is 0 Å². The second kappa shape index (κ2) is 10.3. The number of fused-ring (bicyclic) bond motifs is 1. The largest absolute Gasteiger partial charge is 0.418 e. The van der Waals surface area contributed by atoms with Crippen molar-refractivity contribution >= 4 is 34.6 Å². The number of halogens is 3. The number of hydrogen-bond acceptors (Lipinski definition) is 2. The first-order valence-electron chi connectivity index (χ1n) is 11.0. The molecular weight excluding hydrogens is 459 g/mol. The van der Waals surface area contributed by atoms with Crippen LogP contribution in [0.4, 0.5) is 24.5 Å². The molecule has 1 amide bonds. The van der Waals surface area contributed by atoms with Crippen LogP contribution < -0.4 is 16.0 Å². The molecule has 8 heteroatoms. The van der Waals surface area contributed by atoms with Gasteiger partial charge < -0.3 is 16.0 Å². The van der Waals surface area contributed by atoms with E-state index in [2.05, 4.69) is 22.0 Å². The van der Waals surface area contributed by atoms with Gasteiger partial charge in [-0.2, -0.15) is 13.2 Å². The minimum atomic E-state index is -4.54. The number of thiocarbonyl (C=S) groups is 1. The van der Waals surface area contributed by atoms with Gasteiger partial charge in [0.1, 0.15) is 6.04 Å². The van der Waals surface area contributed by atoms with Crippen LogP contribution in [0.25, 0.3) is 0 Å². The lowest BCUT2D eigenvalue weighted by molar-refractivity contribution is -0.137. The molecular formula is C26H24F3N3OS. The second-order valence-corrected chi connectivity index (χ2v) is 8.53. The van der Waals surface area contributed by atoms with E-state index >= 15 is 0 Å². The first-order chi connectivity index (χ1) is 16.3. The third kappa shape index (κ3) is 5.56. The summed E-state index contributed by atoms with van der Waals surface area (Å²) in [5.41, 5.74) is 2.74. The molecule has 4 rings (SSSR count). The molecule has 1 aliphatic rings. The number of carbonyl (C=O) groups is 1. The zero-order valence-electron chi connectivity index (χ0n) is 18.3. The Balaban J connectivity index is 1.56. The molecule has 1 atom stereocenters. The molecule has 0 aromatic heterocycles. The van der Waals surface area contributed by atoms with E-state index in [1.54, 1.807) is 24.3 Å². The standard InChI is InChI=1S/C26H24F3N3OS/c27-26(28,29)20-14-6-7-15-22(20)31-25(34)32-23(18-10-2-1-3-11-18)24(33)30-21-16-8-12-17-9-4-5-13-19(17)21/h1-3,6-8,10-12,14-16,23H,4-5,9,13H2,(H,30,33)(H2,31,32,34). The number of benzene rings is 3. The van der Waals surface area contributed by atoms with Crippen LogP contribution in [0.1, 0.15) is 41.1 Å². The fourth-order valence-corrected chi connectivity index (χ4v) is 4.41. The molecule has 176 valence electrons. The highest BCUT2D eigenvalue weighted by atomic mass is 32.1. The fraction of sp³-hybridized carbons (Fsp3) is 0.231. The van der Waals surface area contributed by atoms with Crippen LogP contribution >= 0.6 is 12.2 Å². The predicted molar refractivity (Wildman–Crippen MR) is 132 cm³/mol. The van der Waals surface area contributed by atoms with E-state index in [9.17, 15) is 18.0 Å². The molecule has 0 spiro atoms. The van der Waals surface area contributed by atoms with Gasteiger partial charge >= 0.3 is 6.18 Å². The summed E-state index contributed by atoms with van der Waals surface area (Å²) in [7, 11) is 0. The van der Waals surface area contributed by atoms with E-state index in [0.717, 1.165) is 43.0 Å². The first-order valence-corrected chi connectivity index (χ1v) is 11.4. The highest BCUT2D eigenvalue weighted by Crippen LogP contribution is 2.34. The number of anilines is 2. The molecule has 3 aromatic carbocycles. The lowest BCUT2D eigenvalue weighted by Crippen LogP contribution is -2.39. The van der Waals surface area contributed by atoms with Crippen molar-refractivity contribution in [3.63, 3.8) is 0 Å². The van der Waals surface area contributed by atoms with Crippen LogP contribution in [0.15, 0.2) is 72.8 Å². The monoisotopic (exact) mass is 483 g/mol. The maximum Gasteiger partial charge on any atom is 0.418 e. The Hall–Kier alpha value is -3.39. The molecule has 0 radical (unpaired) electrons. The smallest absolute Gasteiger partial charge is 0.347 e. The van der Waals surface area contributed by atoms with E-state index in [4.69, 9.17) is 12.2 Å². The Labute approximate surface area is 201 Å². The van der Waals surface area contributed by atoms with Crippen LogP contribution in [0.2, 0.25) is 0 Å². The summed E-state index contributed by atoms with van der Waals surface area (Å²) in [6, 6.07) is 19.0. The van der Waals surface area contributed by atoms with Crippen molar-refractivity contribution in [2.45, 2.75) is 37.9 Å². The lowest BCUT2D eigenvalue weighted by Gasteiger charge is -2.24. The number of hydrogen-bond donors (Lipinski definition) is 3. The number of carbonyl (C=O) groups excluding carboxylic acids is 1. The molecule has 0 saturated carbocycles. The molecule has 0 aliphatic heterocycles. The third-order valence-corrected chi connectivity index (χ3v) is 6.02. The second-order valence-electron chi connectivity index (χ2n) is 8.13. The Kier molecular flexibility index (Phi) is 7.17. The Bertz CT molecular complexity index is 1180. The molecule has 34 heavy (non-hydrogen) atoms. The van der Waals surface area contributed by atoms with Crippen molar-refractivity contribution in [3.8, 4) is 0 Å². The van der Waals surface area contributed by atoms with Gasteiger partial charge in [-0.25, -0.2) is 0 Å². The Morgan fingerprint density at radius 1 is 0.824 bits per heavy atom. The van der Waals surface area contributed by atoms with Crippen molar-refractivity contribution in [1.82, 2.24) is 5.32 Å². The minimum Gasteiger partial charge on any atom is -0.347 e. The molecule has 1 unspecified atom stereocenters. The zero-order valence-corrected chi connectivity index (χ0v) is 19.1. The maximum absolute atomic E-state index is 13.4. The molecule has 3 N–H and O–H groups in total. The summed E-state index contributed by atoms with van der Waals surface area (Å²) >= 11 is 5.31. The summed E-state index contributed by atoms with van der Waals surface area (Å²) in [5, 5.41) is 8.43. The lowest BCUT2D eigenvalue weighted by atomic mass is 9.90. The summed E-state index contributed by atoms with van der Waals surface area (Å²) in [5.74, 6) is -0.349. The molecule has 3 aromatic rings. The molecule has 0 bridgehead atoms. The normalized spacial score (nSPS) is 14.0. The number of aryl methyl sites for hydroxylation is 1. The maximum atomic E-state index is 13.4. The van der Waals surface area contributed by atoms with Gasteiger partial charge in [0.05, 0.1) is 11.3 Å². The van der Waals surface area contributed by atoms with E-state index in [1.165, 1.54) is 23.8 Å². The van der Waals surface area contributed by atoms with Gasteiger partial charge in [0, 0.05) is 5.69 Å². The van der Waals surface area contributed by atoms with Crippen molar-refractivity contribution in [3.05, 3.63) is 95.1 Å². The summed E-state index contributed by atoms with van der Waals surface area (Å²) in [6.07, 6.45) is -0.484. The topological polar surface area (TPSA) is 53.2 Å². The molecule has 0 fully saturated rings. The molecule has 1 aliphatic carbocycles. The third-order valence-electron chi connectivity index (χ3n) is 5.80. The van der Waals surface area contributed by atoms with E-state index in [0.29, 0.717) is 5.56 Å². The Morgan fingerprint density at radius 3 is 2.26 bits per heavy atom. The van der Waals surface area contributed by atoms with Crippen molar-refractivity contribution < 1.29 is 18.0 Å². The highest BCUT2D eigenvalue weighted by Gasteiger charge is 2.33. The SMILES string of the molecule is O=C(Nc1cccc2c1CCCC2)C(NC(=S)Nc1ccccc1C(F)(F)F)c1ccccc1. The van der Waals surface area contributed by atoms with Gasteiger partial charge in [0.2, 0.25) is 0 Å². The Morgan fingerprint density at radius 2 is 1.50 bits per heavy atom. The van der Waals surface area contributed by atoms with Crippen molar-refractivity contribution in [2.75, 3.05) is 10.6 Å². The van der Waals surface area contributed by atoms with Gasteiger partial charge in [0.15, 0.2) is 5.11 Å². The summed E-state index contributed by atoms with van der Waals surface area (Å²) < 4.78 is 40.1. The van der Waals surface area contributed by atoms with E-state index in [-0.39, 0.29) is 16.7 Å². The highest BCUT2D eigenvalue weighted by molar-refractivity contribution is 7.80. The van der Waals surface area contributed by atoms with Gasteiger partial charge in [-0.05, 0) is 72.8 Å². The summed E-state index contributed by atoms with van der Waals surface area (Å²) in [4.78, 5) is 13.4. The predicted octanol–water partition coefficient (Wildman–Crippen LogP) is 6.25. The average molecular weight is 484 g/mol. The van der Waals surface area contributed by atoms with Crippen LogP contribution in [0.3, 0.4) is 0 Å². The minimum absolute atomic E-state index is 0.0872. The van der Waals surface area contributed by atoms with Crippen LogP contribution in [0, 0.1) is 0 Å². The van der Waals surface area contributed by atoms with E-state index in [1.807, 2.05) is 18.2 Å². The number of rotatable bonds is 5. The molecule has 0 saturated heterocycles. The fourth-order valence-electron chi connectivity index (χ4n) is 4.18. The van der Waals surface area contributed by atoms with Crippen molar-refractivity contribution in [2.24, 2.45) is 0 Å². The van der Waals surface area contributed by atoms with Crippen LogP contribution in [-0.4, -0.2) is 11.0 Å². The number of nitrogens with one attached hydrogen (secondary N) is 3.